The molecule has 3 aromatic rings. The van der Waals surface area contributed by atoms with Gasteiger partial charge in [-0.25, -0.2) is 0 Å². The van der Waals surface area contributed by atoms with Crippen LogP contribution in [0, 0.1) is 11.8 Å². The van der Waals surface area contributed by atoms with Crippen LogP contribution in [-0.4, -0.2) is 11.7 Å². The Bertz CT molecular complexity index is 977. The molecule has 2 atom stereocenters. The van der Waals surface area contributed by atoms with Crippen molar-refractivity contribution in [1.82, 2.24) is 5.32 Å². The number of carbonyl (C=O) groups is 2. The minimum atomic E-state index is -0.822. The number of ketones is 1. The largest absolute Gasteiger partial charge is 0.335 e. The van der Waals surface area contributed by atoms with Crippen LogP contribution >= 0.6 is 0 Å². The monoisotopic (exact) mass is 423 g/mol. The second-order valence-electron chi connectivity index (χ2n) is 8.60. The third kappa shape index (κ3) is 4.57. The maximum absolute atomic E-state index is 13.3. The normalized spacial score (nSPS) is 17.4. The van der Waals surface area contributed by atoms with E-state index < -0.39 is 5.54 Å². The fourth-order valence-corrected chi connectivity index (χ4v) is 4.70. The van der Waals surface area contributed by atoms with Crippen molar-refractivity contribution in [3.63, 3.8) is 0 Å². The number of amides is 1. The summed E-state index contributed by atoms with van der Waals surface area (Å²) in [5.74, 6) is 0.689. The van der Waals surface area contributed by atoms with Gasteiger partial charge >= 0.3 is 0 Å². The molecule has 1 N–H and O–H groups in total. The van der Waals surface area contributed by atoms with E-state index in [0.717, 1.165) is 23.1 Å². The molecular formula is C29H29NO2. The quantitative estimate of drug-likeness (QED) is 0.394. The topological polar surface area (TPSA) is 46.2 Å². The summed E-state index contributed by atoms with van der Waals surface area (Å²) in [6, 6.07) is 30.2. The van der Waals surface area contributed by atoms with E-state index in [9.17, 15) is 9.59 Å². The van der Waals surface area contributed by atoms with Gasteiger partial charge in [0.1, 0.15) is 11.3 Å². The molecule has 1 fully saturated rings. The van der Waals surface area contributed by atoms with E-state index in [-0.39, 0.29) is 11.8 Å². The van der Waals surface area contributed by atoms with Crippen LogP contribution in [0.3, 0.4) is 0 Å². The molecule has 1 aliphatic carbocycles. The summed E-state index contributed by atoms with van der Waals surface area (Å²) in [5.41, 5.74) is 2.16. The van der Waals surface area contributed by atoms with Gasteiger partial charge < -0.3 is 5.32 Å². The first-order chi connectivity index (χ1) is 15.6. The Morgan fingerprint density at radius 3 is 1.75 bits per heavy atom. The van der Waals surface area contributed by atoms with Gasteiger partial charge in [0.15, 0.2) is 0 Å². The summed E-state index contributed by atoms with van der Waals surface area (Å²) in [7, 11) is 0. The smallest absolute Gasteiger partial charge is 0.244 e. The van der Waals surface area contributed by atoms with Crippen molar-refractivity contribution in [1.29, 1.82) is 0 Å². The lowest BCUT2D eigenvalue weighted by Gasteiger charge is -2.36. The van der Waals surface area contributed by atoms with E-state index in [2.05, 4.69) is 48.6 Å². The van der Waals surface area contributed by atoms with Gasteiger partial charge in [0.25, 0.3) is 0 Å². The van der Waals surface area contributed by atoms with Crippen LogP contribution in [0.4, 0.5) is 0 Å². The van der Waals surface area contributed by atoms with Crippen molar-refractivity contribution < 1.29 is 9.59 Å². The average Bonchev–Trinajstić information content (AvgIpc) is 3.29. The number of hydrogen-bond donors (Lipinski definition) is 1. The van der Waals surface area contributed by atoms with Crippen molar-refractivity contribution in [2.24, 2.45) is 11.8 Å². The predicted octanol–water partition coefficient (Wildman–Crippen LogP) is 5.66. The second kappa shape index (κ2) is 9.78. The number of hydrogen-bond acceptors (Lipinski definition) is 2. The van der Waals surface area contributed by atoms with Crippen LogP contribution in [0.25, 0.3) is 0 Å². The maximum atomic E-state index is 13.3. The molecule has 3 heteroatoms. The zero-order valence-corrected chi connectivity index (χ0v) is 18.4. The fourth-order valence-electron chi connectivity index (χ4n) is 4.70. The number of rotatable bonds is 7. The summed E-state index contributed by atoms with van der Waals surface area (Å²) in [5, 5.41) is 3.34. The van der Waals surface area contributed by atoms with E-state index in [1.54, 1.807) is 6.08 Å². The molecule has 0 aromatic heterocycles. The first-order valence-corrected chi connectivity index (χ1v) is 11.3. The van der Waals surface area contributed by atoms with Gasteiger partial charge in [-0.1, -0.05) is 104 Å². The molecule has 0 saturated heterocycles. The van der Waals surface area contributed by atoms with E-state index in [1.807, 2.05) is 60.7 Å². The molecule has 0 bridgehead atoms. The molecule has 32 heavy (non-hydrogen) atoms. The summed E-state index contributed by atoms with van der Waals surface area (Å²) in [6.45, 7) is 2.09. The molecule has 0 heterocycles. The SMILES string of the molecule is C[C@H](/C=C/C(=O)NC(c1ccccc1)(c1ccccc1)c1ccccc1)[C@H]1CCC(=O)C1. The van der Waals surface area contributed by atoms with E-state index in [4.69, 9.17) is 0 Å². The van der Waals surface area contributed by atoms with E-state index in [1.165, 1.54) is 0 Å². The molecular weight excluding hydrogens is 394 g/mol. The zero-order valence-electron chi connectivity index (χ0n) is 18.4. The number of allylic oxidation sites excluding steroid dienone is 1. The molecule has 4 rings (SSSR count). The maximum Gasteiger partial charge on any atom is 0.244 e. The van der Waals surface area contributed by atoms with Gasteiger partial charge in [-0.3, -0.25) is 9.59 Å². The van der Waals surface area contributed by atoms with Crippen molar-refractivity contribution in [2.45, 2.75) is 31.7 Å². The van der Waals surface area contributed by atoms with Crippen molar-refractivity contribution in [3.05, 3.63) is 120 Å². The highest BCUT2D eigenvalue weighted by Gasteiger charge is 2.37. The minimum Gasteiger partial charge on any atom is -0.335 e. The highest BCUT2D eigenvalue weighted by Crippen LogP contribution is 2.37. The Labute approximate surface area is 190 Å². The molecule has 0 radical (unpaired) electrons. The highest BCUT2D eigenvalue weighted by atomic mass is 16.1. The van der Waals surface area contributed by atoms with E-state index >= 15 is 0 Å². The number of Topliss-reactive ketones (excluding diaryl/α,β-unsaturated/α-hetero) is 1. The van der Waals surface area contributed by atoms with Gasteiger partial charge in [-0.15, -0.1) is 0 Å². The summed E-state index contributed by atoms with van der Waals surface area (Å²) in [4.78, 5) is 24.9. The summed E-state index contributed by atoms with van der Waals surface area (Å²) in [6.07, 6.45) is 5.78. The molecule has 1 amide bonds. The summed E-state index contributed by atoms with van der Waals surface area (Å²) < 4.78 is 0. The van der Waals surface area contributed by atoms with Gasteiger partial charge in [0.2, 0.25) is 5.91 Å². The van der Waals surface area contributed by atoms with Crippen LogP contribution in [0.15, 0.2) is 103 Å². The molecule has 0 unspecified atom stereocenters. The highest BCUT2D eigenvalue weighted by molar-refractivity contribution is 5.89. The molecule has 1 aliphatic rings. The molecule has 3 aromatic carbocycles. The Morgan fingerprint density at radius 2 is 1.34 bits per heavy atom. The van der Waals surface area contributed by atoms with Gasteiger partial charge in [0.05, 0.1) is 0 Å². The third-order valence-corrected chi connectivity index (χ3v) is 6.51. The number of nitrogens with one attached hydrogen (secondary N) is 1. The first kappa shape index (κ1) is 21.8. The zero-order chi connectivity index (χ0) is 22.4. The molecule has 3 nitrogen and oxygen atoms in total. The molecule has 0 aliphatic heterocycles. The predicted molar refractivity (Wildman–Crippen MR) is 128 cm³/mol. The van der Waals surface area contributed by atoms with Crippen molar-refractivity contribution in [2.75, 3.05) is 0 Å². The molecule has 1 saturated carbocycles. The lowest BCUT2D eigenvalue weighted by Crippen LogP contribution is -2.47. The first-order valence-electron chi connectivity index (χ1n) is 11.3. The Hall–Kier alpha value is -3.46. The Kier molecular flexibility index (Phi) is 6.65. The van der Waals surface area contributed by atoms with Crippen molar-refractivity contribution in [3.8, 4) is 0 Å². The van der Waals surface area contributed by atoms with Crippen molar-refractivity contribution >= 4 is 11.7 Å². The van der Waals surface area contributed by atoms with Crippen LogP contribution in [-0.2, 0) is 15.1 Å². The summed E-state index contributed by atoms with van der Waals surface area (Å²) >= 11 is 0. The van der Waals surface area contributed by atoms with Crippen LogP contribution in [0.1, 0.15) is 42.9 Å². The van der Waals surface area contributed by atoms with Crippen LogP contribution in [0.5, 0.6) is 0 Å². The lowest BCUT2D eigenvalue weighted by molar-refractivity contribution is -0.118. The standard InChI is InChI=1S/C29H29NO2/c1-22(23-18-19-27(31)21-23)17-20-28(32)30-29(24-11-5-2-6-12-24,25-13-7-3-8-14-25)26-15-9-4-10-16-26/h2-17,20,22-23H,18-19,21H2,1H3,(H,30,32)/b20-17+/t22-,23+/m1/s1. The fraction of sp³-hybridized carbons (Fsp3) is 0.241. The lowest BCUT2D eigenvalue weighted by atomic mass is 9.77. The van der Waals surface area contributed by atoms with Gasteiger partial charge in [-0.05, 0) is 41.0 Å². The van der Waals surface area contributed by atoms with Gasteiger partial charge in [-0.2, -0.15) is 0 Å². The van der Waals surface area contributed by atoms with Crippen LogP contribution < -0.4 is 5.32 Å². The molecule has 162 valence electrons. The Balaban J connectivity index is 1.72. The van der Waals surface area contributed by atoms with E-state index in [0.29, 0.717) is 24.5 Å². The Morgan fingerprint density at radius 1 is 0.875 bits per heavy atom. The number of carbonyl (C=O) groups excluding carboxylic acids is 2. The van der Waals surface area contributed by atoms with Crippen LogP contribution in [0.2, 0.25) is 0 Å². The number of benzene rings is 3. The van der Waals surface area contributed by atoms with Gasteiger partial charge in [0, 0.05) is 12.8 Å². The minimum absolute atomic E-state index is 0.155. The third-order valence-electron chi connectivity index (χ3n) is 6.51. The molecule has 0 spiro atoms. The average molecular weight is 424 g/mol. The second-order valence-corrected chi connectivity index (χ2v) is 8.60.